The molecule has 1 aromatic heterocycles. The Morgan fingerprint density at radius 3 is 2.29 bits per heavy atom. The molecule has 1 fully saturated rings. The van der Waals surface area contributed by atoms with Gasteiger partial charge in [0.1, 0.15) is 12.4 Å². The van der Waals surface area contributed by atoms with E-state index in [1.807, 2.05) is 0 Å². The number of aromatic nitrogens is 2. The lowest BCUT2D eigenvalue weighted by Crippen LogP contribution is -2.50. The van der Waals surface area contributed by atoms with Gasteiger partial charge < -0.3 is 10.0 Å². The summed E-state index contributed by atoms with van der Waals surface area (Å²) < 4.78 is 0. The molecule has 0 amide bonds. The Labute approximate surface area is 103 Å². The van der Waals surface area contributed by atoms with Gasteiger partial charge in [0, 0.05) is 18.0 Å². The molecule has 4 nitrogen and oxygen atoms in total. The highest BCUT2D eigenvalue weighted by molar-refractivity contribution is 5.15. The molecule has 0 bridgehead atoms. The van der Waals surface area contributed by atoms with Crippen LogP contribution >= 0.6 is 0 Å². The van der Waals surface area contributed by atoms with Crippen molar-refractivity contribution in [1.29, 1.82) is 0 Å². The van der Waals surface area contributed by atoms with Crippen molar-refractivity contribution >= 4 is 0 Å². The maximum absolute atomic E-state index is 10.6. The van der Waals surface area contributed by atoms with Crippen LogP contribution in [0.3, 0.4) is 0 Å². The summed E-state index contributed by atoms with van der Waals surface area (Å²) >= 11 is 0. The normalized spacial score (nSPS) is 21.4. The Kier molecular flexibility index (Phi) is 3.74. The average Bonchev–Trinajstić information content (AvgIpc) is 2.39. The molecule has 0 aromatic carbocycles. The Bertz CT molecular complexity index is 347. The van der Waals surface area contributed by atoms with Crippen LogP contribution in [0.4, 0.5) is 0 Å². The van der Waals surface area contributed by atoms with Gasteiger partial charge >= 0.3 is 0 Å². The highest BCUT2D eigenvalue weighted by Crippen LogP contribution is 2.41. The molecule has 94 valence electrons. The zero-order valence-electron chi connectivity index (χ0n) is 10.6. The first-order valence-electron chi connectivity index (χ1n) is 6.27. The van der Waals surface area contributed by atoms with E-state index in [2.05, 4.69) is 29.0 Å². The van der Waals surface area contributed by atoms with Gasteiger partial charge in [0.2, 0.25) is 0 Å². The molecule has 0 spiro atoms. The van der Waals surface area contributed by atoms with Gasteiger partial charge in [0.25, 0.3) is 0 Å². The van der Waals surface area contributed by atoms with E-state index in [0.29, 0.717) is 0 Å². The number of aliphatic hydroxyl groups is 1. The van der Waals surface area contributed by atoms with E-state index in [1.54, 1.807) is 12.4 Å². The third kappa shape index (κ3) is 2.33. The standard InChI is InChI=1S/C13H21N3O/c1-16(2)13(6-4-3-5-7-13)12(17)11-8-14-10-15-9-11/h8-10,12,17H,3-7H2,1-2H3. The number of nitrogens with zero attached hydrogens (tertiary/aromatic N) is 3. The Balaban J connectivity index is 2.27. The summed E-state index contributed by atoms with van der Waals surface area (Å²) in [7, 11) is 4.11. The molecular weight excluding hydrogens is 214 g/mol. The minimum atomic E-state index is -0.501. The average molecular weight is 235 g/mol. The van der Waals surface area contributed by atoms with Gasteiger partial charge in [-0.1, -0.05) is 19.3 Å². The van der Waals surface area contributed by atoms with E-state index in [-0.39, 0.29) is 5.54 Å². The van der Waals surface area contributed by atoms with Crippen LogP contribution in [-0.4, -0.2) is 39.6 Å². The predicted molar refractivity (Wildman–Crippen MR) is 66.5 cm³/mol. The molecule has 1 atom stereocenters. The second-order valence-electron chi connectivity index (χ2n) is 5.13. The molecule has 0 aliphatic heterocycles. The van der Waals surface area contributed by atoms with Gasteiger partial charge in [0.15, 0.2) is 0 Å². The van der Waals surface area contributed by atoms with Crippen LogP contribution in [0.1, 0.15) is 43.8 Å². The number of hydrogen-bond acceptors (Lipinski definition) is 4. The molecule has 2 rings (SSSR count). The van der Waals surface area contributed by atoms with Crippen LogP contribution in [0.2, 0.25) is 0 Å². The molecule has 1 aromatic rings. The predicted octanol–water partition coefficient (Wildman–Crippen LogP) is 1.77. The van der Waals surface area contributed by atoms with Crippen LogP contribution in [0.25, 0.3) is 0 Å². The van der Waals surface area contributed by atoms with E-state index in [4.69, 9.17) is 0 Å². The van der Waals surface area contributed by atoms with Crippen molar-refractivity contribution in [2.24, 2.45) is 0 Å². The zero-order chi connectivity index (χ0) is 12.3. The SMILES string of the molecule is CN(C)C1(C(O)c2cncnc2)CCCCC1. The van der Waals surface area contributed by atoms with Gasteiger partial charge in [0.05, 0.1) is 5.54 Å². The minimum absolute atomic E-state index is 0.150. The highest BCUT2D eigenvalue weighted by Gasteiger charge is 2.41. The van der Waals surface area contributed by atoms with Gasteiger partial charge in [-0.25, -0.2) is 9.97 Å². The number of likely N-dealkylation sites (N-methyl/N-ethyl adjacent to an activating group) is 1. The minimum Gasteiger partial charge on any atom is -0.386 e. The molecule has 0 saturated heterocycles. The van der Waals surface area contributed by atoms with Crippen molar-refractivity contribution in [3.63, 3.8) is 0 Å². The summed E-state index contributed by atoms with van der Waals surface area (Å²) in [5.74, 6) is 0. The summed E-state index contributed by atoms with van der Waals surface area (Å²) in [5.41, 5.74) is 0.672. The van der Waals surface area contributed by atoms with E-state index in [9.17, 15) is 5.11 Å². The number of aliphatic hydroxyl groups excluding tert-OH is 1. The second kappa shape index (κ2) is 5.10. The molecule has 1 N–H and O–H groups in total. The Morgan fingerprint density at radius 1 is 1.18 bits per heavy atom. The van der Waals surface area contributed by atoms with Crippen molar-refractivity contribution in [1.82, 2.24) is 14.9 Å². The van der Waals surface area contributed by atoms with Crippen LogP contribution < -0.4 is 0 Å². The molecule has 1 unspecified atom stereocenters. The first kappa shape index (κ1) is 12.5. The maximum atomic E-state index is 10.6. The van der Waals surface area contributed by atoms with Crippen LogP contribution in [0.5, 0.6) is 0 Å². The van der Waals surface area contributed by atoms with E-state index in [1.165, 1.54) is 25.6 Å². The molecule has 1 saturated carbocycles. The smallest absolute Gasteiger partial charge is 0.115 e. The largest absolute Gasteiger partial charge is 0.386 e. The van der Waals surface area contributed by atoms with Gasteiger partial charge in [-0.3, -0.25) is 0 Å². The fraction of sp³-hybridized carbons (Fsp3) is 0.692. The van der Waals surface area contributed by atoms with Crippen LogP contribution in [-0.2, 0) is 0 Å². The first-order chi connectivity index (χ1) is 8.17. The molecule has 4 heteroatoms. The Morgan fingerprint density at radius 2 is 1.76 bits per heavy atom. The van der Waals surface area contributed by atoms with Gasteiger partial charge in [-0.15, -0.1) is 0 Å². The van der Waals surface area contributed by atoms with Crippen LogP contribution in [0.15, 0.2) is 18.7 Å². The zero-order valence-corrected chi connectivity index (χ0v) is 10.6. The quantitative estimate of drug-likeness (QED) is 0.867. The van der Waals surface area contributed by atoms with Crippen molar-refractivity contribution < 1.29 is 5.11 Å². The number of hydrogen-bond donors (Lipinski definition) is 1. The van der Waals surface area contributed by atoms with E-state index >= 15 is 0 Å². The molecule has 1 heterocycles. The molecule has 1 aliphatic carbocycles. The maximum Gasteiger partial charge on any atom is 0.115 e. The fourth-order valence-corrected chi connectivity index (χ4v) is 2.89. The highest BCUT2D eigenvalue weighted by atomic mass is 16.3. The third-order valence-corrected chi connectivity index (χ3v) is 4.02. The lowest BCUT2D eigenvalue weighted by atomic mass is 9.75. The third-order valence-electron chi connectivity index (χ3n) is 4.02. The molecule has 0 radical (unpaired) electrons. The first-order valence-corrected chi connectivity index (χ1v) is 6.27. The van der Waals surface area contributed by atoms with Gasteiger partial charge in [-0.2, -0.15) is 0 Å². The lowest BCUT2D eigenvalue weighted by Gasteiger charge is -2.46. The van der Waals surface area contributed by atoms with Crippen LogP contribution in [0, 0.1) is 0 Å². The molecule has 1 aliphatic rings. The van der Waals surface area contributed by atoms with Crippen molar-refractivity contribution in [3.8, 4) is 0 Å². The van der Waals surface area contributed by atoms with Crippen molar-refractivity contribution in [2.45, 2.75) is 43.7 Å². The van der Waals surface area contributed by atoms with Gasteiger partial charge in [-0.05, 0) is 26.9 Å². The number of rotatable bonds is 3. The van der Waals surface area contributed by atoms with Crippen molar-refractivity contribution in [3.05, 3.63) is 24.3 Å². The fourth-order valence-electron chi connectivity index (χ4n) is 2.89. The lowest BCUT2D eigenvalue weighted by molar-refractivity contribution is -0.0339. The summed E-state index contributed by atoms with van der Waals surface area (Å²) in [5, 5.41) is 10.6. The summed E-state index contributed by atoms with van der Waals surface area (Å²) in [6, 6.07) is 0. The molecular formula is C13H21N3O. The Hall–Kier alpha value is -1.00. The summed E-state index contributed by atoms with van der Waals surface area (Å²) in [6.07, 6.45) is 10.2. The van der Waals surface area contributed by atoms with E-state index < -0.39 is 6.10 Å². The monoisotopic (exact) mass is 235 g/mol. The molecule has 17 heavy (non-hydrogen) atoms. The second-order valence-corrected chi connectivity index (χ2v) is 5.13. The van der Waals surface area contributed by atoms with Crippen molar-refractivity contribution in [2.75, 3.05) is 14.1 Å². The summed E-state index contributed by atoms with van der Waals surface area (Å²) in [6.45, 7) is 0. The topological polar surface area (TPSA) is 49.2 Å². The van der Waals surface area contributed by atoms with E-state index in [0.717, 1.165) is 18.4 Å². The summed E-state index contributed by atoms with van der Waals surface area (Å²) in [4.78, 5) is 10.2.